The topological polar surface area (TPSA) is 243 Å². The highest BCUT2D eigenvalue weighted by Gasteiger charge is 2.56. The number of pyridine rings is 1. The van der Waals surface area contributed by atoms with Gasteiger partial charge in [0.25, 0.3) is 0 Å². The highest BCUT2D eigenvalue weighted by molar-refractivity contribution is 8.00. The molecule has 0 radical (unpaired) electrons. The van der Waals surface area contributed by atoms with E-state index in [0.717, 1.165) is 87.5 Å². The second kappa shape index (κ2) is 25.6. The number of nitriles is 1. The first kappa shape index (κ1) is 54.6. The summed E-state index contributed by atoms with van der Waals surface area (Å²) in [5.41, 5.74) is 2.19. The quantitative estimate of drug-likeness (QED) is 0.0279. The molecule has 5 N–H and O–H groups in total. The van der Waals surface area contributed by atoms with Gasteiger partial charge < -0.3 is 40.1 Å². The van der Waals surface area contributed by atoms with Crippen molar-refractivity contribution in [3.8, 4) is 11.9 Å². The largest absolute Gasteiger partial charge is 0.460 e. The van der Waals surface area contributed by atoms with Gasteiger partial charge in [0.1, 0.15) is 29.6 Å². The molecule has 2 saturated heterocycles. The third-order valence-corrected chi connectivity index (χ3v) is 15.6. The van der Waals surface area contributed by atoms with E-state index in [1.807, 2.05) is 48.4 Å². The third kappa shape index (κ3) is 13.8. The second-order valence-corrected chi connectivity index (χ2v) is 21.0. The summed E-state index contributed by atoms with van der Waals surface area (Å²) in [4.78, 5) is 73.0. The van der Waals surface area contributed by atoms with Crippen molar-refractivity contribution in [3.63, 3.8) is 0 Å². The summed E-state index contributed by atoms with van der Waals surface area (Å²) < 4.78 is 13.6. The number of aliphatic hydroxyl groups is 4. The lowest BCUT2D eigenvalue weighted by Gasteiger charge is -2.46. The van der Waals surface area contributed by atoms with Gasteiger partial charge in [-0.1, -0.05) is 38.5 Å². The van der Waals surface area contributed by atoms with Crippen molar-refractivity contribution < 1.29 is 58.4 Å². The minimum atomic E-state index is -1.58. The van der Waals surface area contributed by atoms with Crippen molar-refractivity contribution in [1.29, 1.82) is 5.26 Å². The monoisotopic (exact) mass is 990 g/mol. The van der Waals surface area contributed by atoms with E-state index in [1.54, 1.807) is 24.1 Å². The second-order valence-electron chi connectivity index (χ2n) is 19.9. The average molecular weight is 990 g/mol. The average Bonchev–Trinajstić information content (AvgIpc) is 3.91. The van der Waals surface area contributed by atoms with E-state index in [4.69, 9.17) is 9.47 Å². The molecule has 18 heteroatoms. The number of aliphatic hydroxyl groups excluding tert-OH is 4. The lowest BCUT2D eigenvalue weighted by atomic mass is 9.71. The molecule has 4 fully saturated rings. The Kier molecular flexibility index (Phi) is 19.9. The van der Waals surface area contributed by atoms with Crippen molar-refractivity contribution >= 4 is 52.6 Å². The molecule has 0 spiro atoms. The van der Waals surface area contributed by atoms with Crippen molar-refractivity contribution in [2.45, 2.75) is 177 Å². The van der Waals surface area contributed by atoms with Gasteiger partial charge in [-0.2, -0.15) is 22.0 Å². The number of likely N-dealkylation sites (tertiary alicyclic amines) is 1. The number of aromatic nitrogens is 1. The number of nitrogens with zero attached hydrogens (tertiary/aromatic N) is 5. The Labute approximate surface area is 416 Å². The molecule has 2 aliphatic heterocycles. The Bertz CT molecular complexity index is 2220. The number of imide groups is 1. The van der Waals surface area contributed by atoms with Gasteiger partial charge in [0.2, 0.25) is 36.1 Å². The third-order valence-electron chi connectivity index (χ3n) is 14.7. The summed E-state index contributed by atoms with van der Waals surface area (Å²) in [6.45, 7) is 2.66. The fourth-order valence-electron chi connectivity index (χ4n) is 10.4. The van der Waals surface area contributed by atoms with Crippen LogP contribution in [0.25, 0.3) is 0 Å². The van der Waals surface area contributed by atoms with Crippen LogP contribution in [-0.4, -0.2) is 134 Å². The summed E-state index contributed by atoms with van der Waals surface area (Å²) in [7, 11) is 1.85. The Morgan fingerprint density at radius 1 is 0.943 bits per heavy atom. The number of ether oxygens (including phenoxy) is 2. The van der Waals surface area contributed by atoms with Crippen molar-refractivity contribution in [2.24, 2.45) is 10.4 Å². The van der Waals surface area contributed by atoms with Gasteiger partial charge in [0.15, 0.2) is 24.7 Å². The van der Waals surface area contributed by atoms with Crippen LogP contribution in [0.3, 0.4) is 0 Å². The number of unbranched alkanes of at least 4 members (excludes halogenated alkanes) is 5. The zero-order chi connectivity index (χ0) is 50.4. The SMILES string of the molecule is CSC1CC(=O)N(C2(C(=O)CCCC(=O)Nc3cc(C[n+]4ccc(CC(CCCCCCCCC(=O)N(C)CC5(CO)CCCC5)=NC#N)cc4)cc(C)c3OC3OCC(O)[C@H](O)[C@@H]3O)CCC2)C1=O. The first-order valence-corrected chi connectivity index (χ1v) is 26.4. The highest BCUT2D eigenvalue weighted by Crippen LogP contribution is 2.44. The van der Waals surface area contributed by atoms with Crippen molar-refractivity contribution in [1.82, 2.24) is 9.80 Å². The van der Waals surface area contributed by atoms with Gasteiger partial charge in [0, 0.05) is 74.5 Å². The molecular weight excluding hydrogens is 917 g/mol. The molecule has 6 rings (SSSR count). The molecule has 17 nitrogen and oxygen atoms in total. The Morgan fingerprint density at radius 2 is 1.63 bits per heavy atom. The maximum absolute atomic E-state index is 13.6. The van der Waals surface area contributed by atoms with E-state index in [1.165, 1.54) is 16.7 Å². The van der Waals surface area contributed by atoms with Gasteiger partial charge in [-0.15, -0.1) is 0 Å². The number of nitrogens with one attached hydrogen (secondary N) is 1. The van der Waals surface area contributed by atoms with Crippen LogP contribution < -0.4 is 14.6 Å². The summed E-state index contributed by atoms with van der Waals surface area (Å²) in [6, 6.07) is 7.56. The van der Waals surface area contributed by atoms with E-state index in [2.05, 4.69) is 10.3 Å². The molecule has 0 bridgehead atoms. The fraction of sp³-hybridized carbons (Fsp3) is 0.654. The van der Waals surface area contributed by atoms with Crippen molar-refractivity contribution in [2.75, 3.05) is 38.4 Å². The number of thioether (sulfide) groups is 1. The molecule has 1 aromatic heterocycles. The normalized spacial score (nSPS) is 22.9. The van der Waals surface area contributed by atoms with Crippen LogP contribution in [-0.2, 0) is 41.7 Å². The number of carbonyl (C=O) groups excluding carboxylic acids is 5. The number of aryl methyl sites for hydroxylation is 1. The lowest BCUT2D eigenvalue weighted by Crippen LogP contribution is -2.61. The molecule has 3 heterocycles. The predicted molar refractivity (Wildman–Crippen MR) is 262 cm³/mol. The zero-order valence-corrected chi connectivity index (χ0v) is 41.9. The van der Waals surface area contributed by atoms with Crippen molar-refractivity contribution in [3.05, 3.63) is 53.3 Å². The van der Waals surface area contributed by atoms with Gasteiger partial charge in [-0.25, -0.2) is 4.57 Å². The number of benzene rings is 1. The number of anilines is 1. The number of carbonyl (C=O) groups is 5. The fourth-order valence-corrected chi connectivity index (χ4v) is 11.0. The van der Waals surface area contributed by atoms with Gasteiger partial charge in [0.05, 0.1) is 24.2 Å². The van der Waals surface area contributed by atoms with Crippen LogP contribution in [0.1, 0.15) is 139 Å². The molecule has 4 amide bonds. The summed E-state index contributed by atoms with van der Waals surface area (Å²) in [5.74, 6) is -0.954. The summed E-state index contributed by atoms with van der Waals surface area (Å²) in [5, 5.41) is 52.8. The number of ketones is 1. The van der Waals surface area contributed by atoms with Gasteiger partial charge in [-0.3, -0.25) is 28.9 Å². The number of rotatable bonds is 26. The molecule has 5 atom stereocenters. The Balaban J connectivity index is 1.00. The molecule has 2 aliphatic carbocycles. The van der Waals surface area contributed by atoms with Crippen LogP contribution in [0.15, 0.2) is 41.7 Å². The zero-order valence-electron chi connectivity index (χ0n) is 41.1. The maximum Gasteiger partial charge on any atom is 0.243 e. The molecule has 1 aromatic carbocycles. The molecule has 3 unspecified atom stereocenters. The Morgan fingerprint density at radius 3 is 2.26 bits per heavy atom. The van der Waals surface area contributed by atoms with Crippen LogP contribution in [0.2, 0.25) is 0 Å². The maximum atomic E-state index is 13.6. The summed E-state index contributed by atoms with van der Waals surface area (Å²) >= 11 is 1.30. The number of amides is 4. The summed E-state index contributed by atoms with van der Waals surface area (Å²) in [6.07, 6.45) is 15.4. The van der Waals surface area contributed by atoms with Gasteiger partial charge >= 0.3 is 0 Å². The molecule has 4 aliphatic rings. The number of Topliss-reactive ketones (excluding diaryl/α,β-unsaturated/α-hetero) is 1. The molecule has 2 aromatic rings. The van der Waals surface area contributed by atoms with Crippen LogP contribution in [0.4, 0.5) is 5.69 Å². The first-order chi connectivity index (χ1) is 33.6. The molecular formula is C52H73N6O11S+. The minimum Gasteiger partial charge on any atom is -0.460 e. The van der Waals surface area contributed by atoms with E-state index >= 15 is 0 Å². The smallest absolute Gasteiger partial charge is 0.243 e. The highest BCUT2D eigenvalue weighted by atomic mass is 32.2. The number of hydrogen-bond donors (Lipinski definition) is 5. The van der Waals surface area contributed by atoms with E-state index in [9.17, 15) is 49.7 Å². The van der Waals surface area contributed by atoms with E-state index in [0.29, 0.717) is 50.8 Å². The lowest BCUT2D eigenvalue weighted by molar-refractivity contribution is -0.688. The molecule has 2 saturated carbocycles. The van der Waals surface area contributed by atoms with Crippen LogP contribution in [0, 0.1) is 23.8 Å². The van der Waals surface area contributed by atoms with Crippen LogP contribution >= 0.6 is 11.8 Å². The number of hydrogen-bond acceptors (Lipinski definition) is 14. The molecule has 70 heavy (non-hydrogen) atoms. The molecule has 382 valence electrons. The predicted octanol–water partition coefficient (Wildman–Crippen LogP) is 4.84. The first-order valence-electron chi connectivity index (χ1n) is 25.1. The van der Waals surface area contributed by atoms with Crippen LogP contribution in [0.5, 0.6) is 5.75 Å². The number of aliphatic imine (C=N–C) groups is 1. The van der Waals surface area contributed by atoms with E-state index < -0.39 is 41.3 Å². The standard InChI is InChI=1S/C52H72N6O11S/c1-35-26-37(30-57-24-18-36(19-25-57)27-38(54-34-53)14-8-6-4-5-7-9-17-44(63)56(2)32-51(33-59)20-10-11-21-51)28-39(48(35)69-50-47(66)46(65)40(60)31-68-50)55-43(62)16-12-15-42(61)52(22-13-23-52)58-45(64)29-41(70-3)49(58)67/h18-19,24-26,28,40-41,46-47,50,59-60,65-66H,4-17,20-23,27,29-33H2,1-3H3/p+1/t40?,41?,46-,47-,50?/m0/s1. The van der Waals surface area contributed by atoms with Gasteiger partial charge in [-0.05, 0) is 94.2 Å². The van der Waals surface area contributed by atoms with E-state index in [-0.39, 0.29) is 79.3 Å². The minimum absolute atomic E-state index is 0.00783. The Hall–Kier alpha value is -4.77.